The highest BCUT2D eigenvalue weighted by Gasteiger charge is 2.19. The predicted octanol–water partition coefficient (Wildman–Crippen LogP) is 4.39. The first-order chi connectivity index (χ1) is 11.6. The molecule has 25 heavy (non-hydrogen) atoms. The molecule has 0 aromatic heterocycles. The number of rotatable bonds is 3. The van der Waals surface area contributed by atoms with Crippen LogP contribution in [0.25, 0.3) is 0 Å². The maximum Gasteiger partial charge on any atom is 0.255 e. The molecule has 0 fully saturated rings. The fraction of sp³-hybridized carbons (Fsp3) is 0.333. The molecule has 0 heterocycles. The van der Waals surface area contributed by atoms with Gasteiger partial charge in [-0.05, 0) is 76.4 Å². The fourth-order valence-corrected chi connectivity index (χ4v) is 2.59. The van der Waals surface area contributed by atoms with Gasteiger partial charge in [0, 0.05) is 11.1 Å². The fourth-order valence-electron chi connectivity index (χ4n) is 2.59. The molecule has 0 unspecified atom stereocenters. The summed E-state index contributed by atoms with van der Waals surface area (Å²) in [5, 5.41) is 5.81. The van der Waals surface area contributed by atoms with Crippen molar-refractivity contribution in [1.29, 1.82) is 0 Å². The highest BCUT2D eigenvalue weighted by atomic mass is 16.2. The van der Waals surface area contributed by atoms with Crippen LogP contribution in [-0.4, -0.2) is 17.4 Å². The largest absolute Gasteiger partial charge is 0.347 e. The van der Waals surface area contributed by atoms with Crippen molar-refractivity contribution in [1.82, 2.24) is 5.32 Å². The first-order valence-electron chi connectivity index (χ1n) is 8.39. The molecule has 0 aliphatic carbocycles. The van der Waals surface area contributed by atoms with Crippen LogP contribution in [0.5, 0.6) is 0 Å². The number of anilines is 1. The molecule has 4 heteroatoms. The van der Waals surface area contributed by atoms with Gasteiger partial charge in [-0.2, -0.15) is 0 Å². The summed E-state index contributed by atoms with van der Waals surface area (Å²) >= 11 is 0. The van der Waals surface area contributed by atoms with Crippen molar-refractivity contribution in [3.63, 3.8) is 0 Å². The molecule has 2 N–H and O–H groups in total. The molecule has 0 aliphatic rings. The molecule has 2 amide bonds. The van der Waals surface area contributed by atoms with Crippen molar-refractivity contribution >= 4 is 17.5 Å². The molecule has 2 aromatic rings. The Hall–Kier alpha value is -2.62. The van der Waals surface area contributed by atoms with Gasteiger partial charge >= 0.3 is 0 Å². The topological polar surface area (TPSA) is 58.2 Å². The quantitative estimate of drug-likeness (QED) is 0.872. The summed E-state index contributed by atoms with van der Waals surface area (Å²) in [6, 6.07) is 10.9. The molecule has 0 aliphatic heterocycles. The summed E-state index contributed by atoms with van der Waals surface area (Å²) in [4.78, 5) is 25.2. The van der Waals surface area contributed by atoms with Crippen LogP contribution in [-0.2, 0) is 0 Å². The van der Waals surface area contributed by atoms with E-state index in [4.69, 9.17) is 0 Å². The van der Waals surface area contributed by atoms with Gasteiger partial charge in [-0.25, -0.2) is 0 Å². The molecule has 0 atom stereocenters. The zero-order valence-corrected chi connectivity index (χ0v) is 15.8. The third-order valence-corrected chi connectivity index (χ3v) is 3.99. The third-order valence-electron chi connectivity index (χ3n) is 3.99. The van der Waals surface area contributed by atoms with E-state index in [1.807, 2.05) is 53.7 Å². The van der Waals surface area contributed by atoms with Crippen LogP contribution >= 0.6 is 0 Å². The molecule has 2 rings (SSSR count). The number of carbonyl (C=O) groups excluding carboxylic acids is 2. The lowest BCUT2D eigenvalue weighted by molar-refractivity contribution is 0.0920. The first kappa shape index (κ1) is 18.7. The van der Waals surface area contributed by atoms with E-state index in [0.717, 1.165) is 16.7 Å². The molecule has 132 valence electrons. The van der Waals surface area contributed by atoms with Gasteiger partial charge in [0.15, 0.2) is 0 Å². The van der Waals surface area contributed by atoms with Crippen molar-refractivity contribution in [2.24, 2.45) is 0 Å². The van der Waals surface area contributed by atoms with Gasteiger partial charge in [-0.3, -0.25) is 9.59 Å². The minimum Gasteiger partial charge on any atom is -0.347 e. The molecule has 2 aromatic carbocycles. The van der Waals surface area contributed by atoms with E-state index >= 15 is 0 Å². The number of hydrogen-bond acceptors (Lipinski definition) is 2. The Balaban J connectivity index is 2.31. The molecule has 0 bridgehead atoms. The highest BCUT2D eigenvalue weighted by molar-refractivity contribution is 6.09. The third kappa shape index (κ3) is 4.69. The van der Waals surface area contributed by atoms with Gasteiger partial charge < -0.3 is 10.6 Å². The number of aryl methyl sites for hydroxylation is 3. The SMILES string of the molecule is Cc1cc(C)c(C(=O)Nc2ccccc2C(=O)NC(C)(C)C)cc1C. The van der Waals surface area contributed by atoms with Crippen molar-refractivity contribution in [3.8, 4) is 0 Å². The van der Waals surface area contributed by atoms with Gasteiger partial charge in [-0.1, -0.05) is 18.2 Å². The lowest BCUT2D eigenvalue weighted by Crippen LogP contribution is -2.40. The summed E-state index contributed by atoms with van der Waals surface area (Å²) in [5.41, 5.74) is 4.36. The average molecular weight is 338 g/mol. The number of carbonyl (C=O) groups is 2. The van der Waals surface area contributed by atoms with Gasteiger partial charge in [-0.15, -0.1) is 0 Å². The van der Waals surface area contributed by atoms with Gasteiger partial charge in [0.05, 0.1) is 11.3 Å². The maximum absolute atomic E-state index is 12.7. The van der Waals surface area contributed by atoms with Crippen LogP contribution < -0.4 is 10.6 Å². The highest BCUT2D eigenvalue weighted by Crippen LogP contribution is 2.20. The van der Waals surface area contributed by atoms with Crippen molar-refractivity contribution in [2.45, 2.75) is 47.1 Å². The zero-order valence-electron chi connectivity index (χ0n) is 15.8. The van der Waals surface area contributed by atoms with Crippen LogP contribution in [0.1, 0.15) is 58.2 Å². The molecule has 4 nitrogen and oxygen atoms in total. The van der Waals surface area contributed by atoms with Gasteiger partial charge in [0.25, 0.3) is 11.8 Å². The molecule has 0 radical (unpaired) electrons. The van der Waals surface area contributed by atoms with Crippen LogP contribution in [0.2, 0.25) is 0 Å². The predicted molar refractivity (Wildman–Crippen MR) is 102 cm³/mol. The molecule has 0 spiro atoms. The Morgan fingerprint density at radius 2 is 1.40 bits per heavy atom. The van der Waals surface area contributed by atoms with E-state index in [1.54, 1.807) is 24.3 Å². The van der Waals surface area contributed by atoms with Crippen LogP contribution in [0.15, 0.2) is 36.4 Å². The molecule has 0 saturated heterocycles. The second kappa shape index (κ2) is 7.09. The minimum atomic E-state index is -0.348. The Morgan fingerprint density at radius 3 is 2.04 bits per heavy atom. The van der Waals surface area contributed by atoms with E-state index in [2.05, 4.69) is 10.6 Å². The molecule has 0 saturated carbocycles. The van der Waals surface area contributed by atoms with Crippen molar-refractivity contribution < 1.29 is 9.59 Å². The lowest BCUT2D eigenvalue weighted by Gasteiger charge is -2.21. The zero-order chi connectivity index (χ0) is 18.8. The smallest absolute Gasteiger partial charge is 0.255 e. The number of benzene rings is 2. The summed E-state index contributed by atoms with van der Waals surface area (Å²) in [5.74, 6) is -0.420. The summed E-state index contributed by atoms with van der Waals surface area (Å²) < 4.78 is 0. The number of amides is 2. The van der Waals surface area contributed by atoms with E-state index in [1.165, 1.54) is 0 Å². The Morgan fingerprint density at radius 1 is 0.800 bits per heavy atom. The maximum atomic E-state index is 12.7. The second-order valence-corrected chi connectivity index (χ2v) is 7.46. The normalized spacial score (nSPS) is 11.1. The van der Waals surface area contributed by atoms with E-state index in [9.17, 15) is 9.59 Å². The van der Waals surface area contributed by atoms with Crippen LogP contribution in [0, 0.1) is 20.8 Å². The average Bonchev–Trinajstić information content (AvgIpc) is 2.49. The number of hydrogen-bond donors (Lipinski definition) is 2. The molecular weight excluding hydrogens is 312 g/mol. The standard InChI is InChI=1S/C21H26N2O2/c1-13-11-15(3)17(12-14(13)2)19(24)22-18-10-8-7-9-16(18)20(25)23-21(4,5)6/h7-12H,1-6H3,(H,22,24)(H,23,25). The minimum absolute atomic E-state index is 0.208. The van der Waals surface area contributed by atoms with Gasteiger partial charge in [0.2, 0.25) is 0 Å². The van der Waals surface area contributed by atoms with Crippen molar-refractivity contribution in [3.05, 3.63) is 64.2 Å². The monoisotopic (exact) mass is 338 g/mol. The Bertz CT molecular complexity index is 817. The van der Waals surface area contributed by atoms with Crippen LogP contribution in [0.3, 0.4) is 0 Å². The lowest BCUT2D eigenvalue weighted by atomic mass is 10.00. The van der Waals surface area contributed by atoms with Crippen LogP contribution in [0.4, 0.5) is 5.69 Å². The van der Waals surface area contributed by atoms with Gasteiger partial charge in [0.1, 0.15) is 0 Å². The first-order valence-corrected chi connectivity index (χ1v) is 8.39. The Labute approximate surface area is 149 Å². The van der Waals surface area contributed by atoms with E-state index in [0.29, 0.717) is 16.8 Å². The van der Waals surface area contributed by atoms with E-state index in [-0.39, 0.29) is 17.4 Å². The van der Waals surface area contributed by atoms with E-state index < -0.39 is 0 Å². The number of para-hydroxylation sites is 1. The Kier molecular flexibility index (Phi) is 5.31. The summed E-state index contributed by atoms with van der Waals surface area (Å²) in [6.07, 6.45) is 0. The summed E-state index contributed by atoms with van der Waals surface area (Å²) in [7, 11) is 0. The van der Waals surface area contributed by atoms with Crippen molar-refractivity contribution in [2.75, 3.05) is 5.32 Å². The second-order valence-electron chi connectivity index (χ2n) is 7.46. The molecular formula is C21H26N2O2. The summed E-state index contributed by atoms with van der Waals surface area (Å²) in [6.45, 7) is 11.7. The number of nitrogens with one attached hydrogen (secondary N) is 2.